The molecule has 0 aliphatic carbocycles. The number of alkyl halides is 3. The van der Waals surface area contributed by atoms with Crippen LogP contribution in [0, 0.1) is 0 Å². The lowest BCUT2D eigenvalue weighted by Crippen LogP contribution is -2.19. The summed E-state index contributed by atoms with van der Waals surface area (Å²) in [5.41, 5.74) is 0.590. The molecule has 1 N–H and O–H groups in total. The highest BCUT2D eigenvalue weighted by Crippen LogP contribution is 2.30. The van der Waals surface area contributed by atoms with Crippen molar-refractivity contribution in [2.75, 3.05) is 5.32 Å². The number of ether oxygens (including phenoxy) is 1. The SMILES string of the molecule is C=C(C(=O)Nc1ccccc1OC(F)(F)F)c1ccc(Br)cc1. The molecule has 0 unspecified atom stereocenters. The van der Waals surface area contributed by atoms with E-state index in [-0.39, 0.29) is 11.3 Å². The normalized spacial score (nSPS) is 11.0. The fourth-order valence-electron chi connectivity index (χ4n) is 1.76. The van der Waals surface area contributed by atoms with Crippen molar-refractivity contribution in [2.24, 2.45) is 0 Å². The van der Waals surface area contributed by atoms with E-state index in [1.54, 1.807) is 24.3 Å². The van der Waals surface area contributed by atoms with Gasteiger partial charge in [0.05, 0.1) is 5.69 Å². The van der Waals surface area contributed by atoms with Gasteiger partial charge in [-0.25, -0.2) is 0 Å². The topological polar surface area (TPSA) is 38.3 Å². The van der Waals surface area contributed by atoms with Crippen LogP contribution in [0.5, 0.6) is 5.75 Å². The Kier molecular flexibility index (Phi) is 5.10. The zero-order chi connectivity index (χ0) is 17.0. The van der Waals surface area contributed by atoms with Gasteiger partial charge in [-0.3, -0.25) is 4.79 Å². The minimum absolute atomic E-state index is 0.0897. The van der Waals surface area contributed by atoms with Gasteiger partial charge in [-0.1, -0.05) is 46.8 Å². The lowest BCUT2D eigenvalue weighted by atomic mass is 10.1. The van der Waals surface area contributed by atoms with Crippen molar-refractivity contribution < 1.29 is 22.7 Å². The molecule has 0 aliphatic heterocycles. The van der Waals surface area contributed by atoms with E-state index in [4.69, 9.17) is 0 Å². The predicted octanol–water partition coefficient (Wildman–Crippen LogP) is 5.00. The van der Waals surface area contributed by atoms with E-state index in [0.29, 0.717) is 5.56 Å². The zero-order valence-electron chi connectivity index (χ0n) is 11.7. The van der Waals surface area contributed by atoms with Gasteiger partial charge in [-0.2, -0.15) is 0 Å². The minimum Gasteiger partial charge on any atom is -0.404 e. The average Bonchev–Trinajstić information content (AvgIpc) is 2.48. The number of hydrogen-bond donors (Lipinski definition) is 1. The Labute approximate surface area is 138 Å². The summed E-state index contributed by atoms with van der Waals surface area (Å²) in [6.07, 6.45) is -4.84. The van der Waals surface area contributed by atoms with Crippen LogP contribution in [0.1, 0.15) is 5.56 Å². The summed E-state index contributed by atoms with van der Waals surface area (Å²) in [5.74, 6) is -1.11. The van der Waals surface area contributed by atoms with Gasteiger partial charge in [0.1, 0.15) is 0 Å². The van der Waals surface area contributed by atoms with Crippen LogP contribution in [0.4, 0.5) is 18.9 Å². The Morgan fingerprint density at radius 2 is 1.70 bits per heavy atom. The van der Waals surface area contributed by atoms with Crippen LogP contribution < -0.4 is 10.1 Å². The van der Waals surface area contributed by atoms with Crippen LogP contribution in [-0.2, 0) is 4.79 Å². The molecule has 7 heteroatoms. The summed E-state index contributed by atoms with van der Waals surface area (Å²) in [7, 11) is 0. The van der Waals surface area contributed by atoms with Crippen molar-refractivity contribution in [3.63, 3.8) is 0 Å². The fraction of sp³-hybridized carbons (Fsp3) is 0.0625. The number of halogens is 4. The summed E-state index contributed by atoms with van der Waals surface area (Å²) >= 11 is 3.27. The number of amides is 1. The van der Waals surface area contributed by atoms with Gasteiger partial charge in [-0.05, 0) is 29.8 Å². The molecule has 0 saturated carbocycles. The number of hydrogen-bond acceptors (Lipinski definition) is 2. The average molecular weight is 386 g/mol. The fourth-order valence-corrected chi connectivity index (χ4v) is 2.03. The third-order valence-corrected chi connectivity index (χ3v) is 3.36. The largest absolute Gasteiger partial charge is 0.573 e. The van der Waals surface area contributed by atoms with Gasteiger partial charge < -0.3 is 10.1 Å². The highest BCUT2D eigenvalue weighted by atomic mass is 79.9. The highest BCUT2D eigenvalue weighted by Gasteiger charge is 2.32. The Morgan fingerprint density at radius 3 is 2.30 bits per heavy atom. The third kappa shape index (κ3) is 4.85. The van der Waals surface area contributed by atoms with Crippen LogP contribution >= 0.6 is 15.9 Å². The quantitative estimate of drug-likeness (QED) is 0.752. The van der Waals surface area contributed by atoms with Crippen molar-refractivity contribution >= 4 is 33.1 Å². The molecule has 0 radical (unpaired) electrons. The van der Waals surface area contributed by atoms with Gasteiger partial charge in [-0.15, -0.1) is 13.2 Å². The molecule has 2 rings (SSSR count). The first-order valence-corrected chi connectivity index (χ1v) is 7.16. The van der Waals surface area contributed by atoms with Gasteiger partial charge in [0.15, 0.2) is 5.75 Å². The third-order valence-electron chi connectivity index (χ3n) is 2.83. The molecule has 23 heavy (non-hydrogen) atoms. The Balaban J connectivity index is 2.17. The zero-order valence-corrected chi connectivity index (χ0v) is 13.2. The number of rotatable bonds is 4. The van der Waals surface area contributed by atoms with Crippen molar-refractivity contribution in [1.82, 2.24) is 0 Å². The number of para-hydroxylation sites is 2. The van der Waals surface area contributed by atoms with E-state index < -0.39 is 18.0 Å². The van der Waals surface area contributed by atoms with E-state index in [0.717, 1.165) is 10.5 Å². The van der Waals surface area contributed by atoms with Crippen molar-refractivity contribution in [2.45, 2.75) is 6.36 Å². The van der Waals surface area contributed by atoms with Gasteiger partial charge in [0.25, 0.3) is 5.91 Å². The van der Waals surface area contributed by atoms with E-state index in [1.807, 2.05) is 0 Å². The second kappa shape index (κ2) is 6.87. The number of carbonyl (C=O) groups excluding carboxylic acids is 1. The lowest BCUT2D eigenvalue weighted by molar-refractivity contribution is -0.274. The maximum atomic E-state index is 12.4. The molecule has 0 aromatic heterocycles. The molecular formula is C16H11BrF3NO2. The molecular weight excluding hydrogens is 375 g/mol. The Bertz CT molecular complexity index is 727. The maximum Gasteiger partial charge on any atom is 0.573 e. The summed E-state index contributed by atoms with van der Waals surface area (Å²) in [5, 5.41) is 2.37. The van der Waals surface area contributed by atoms with E-state index >= 15 is 0 Å². The molecule has 3 nitrogen and oxygen atoms in total. The summed E-state index contributed by atoms with van der Waals surface area (Å²) < 4.78 is 41.8. The number of nitrogens with one attached hydrogen (secondary N) is 1. The molecule has 0 heterocycles. The molecule has 1 amide bonds. The van der Waals surface area contributed by atoms with Crippen LogP contribution in [0.3, 0.4) is 0 Å². The van der Waals surface area contributed by atoms with E-state index in [9.17, 15) is 18.0 Å². The van der Waals surface area contributed by atoms with Crippen molar-refractivity contribution in [3.8, 4) is 5.75 Å². The molecule has 0 spiro atoms. The van der Waals surface area contributed by atoms with Crippen LogP contribution in [0.2, 0.25) is 0 Å². The summed E-state index contributed by atoms with van der Waals surface area (Å²) in [6, 6.07) is 12.1. The van der Waals surface area contributed by atoms with Crippen LogP contribution in [-0.4, -0.2) is 12.3 Å². The molecule has 0 aliphatic rings. The Morgan fingerprint density at radius 1 is 1.09 bits per heavy atom. The maximum absolute atomic E-state index is 12.4. The number of carbonyl (C=O) groups is 1. The first-order valence-electron chi connectivity index (χ1n) is 6.37. The van der Waals surface area contributed by atoms with E-state index in [2.05, 4.69) is 32.6 Å². The van der Waals surface area contributed by atoms with Gasteiger partial charge in [0, 0.05) is 10.0 Å². The molecule has 0 bridgehead atoms. The highest BCUT2D eigenvalue weighted by molar-refractivity contribution is 9.10. The first kappa shape index (κ1) is 17.1. The number of anilines is 1. The summed E-state index contributed by atoms with van der Waals surface area (Å²) in [4.78, 5) is 12.2. The van der Waals surface area contributed by atoms with Crippen LogP contribution in [0.15, 0.2) is 59.6 Å². The monoisotopic (exact) mass is 385 g/mol. The first-order chi connectivity index (χ1) is 10.8. The Hall–Kier alpha value is -2.28. The standard InChI is InChI=1S/C16H11BrF3NO2/c1-10(11-6-8-12(17)9-7-11)15(22)21-13-4-2-3-5-14(13)23-16(18,19)20/h2-9H,1H2,(H,21,22). The predicted molar refractivity (Wildman–Crippen MR) is 84.9 cm³/mol. The molecule has 2 aromatic carbocycles. The minimum atomic E-state index is -4.84. The molecule has 0 saturated heterocycles. The van der Waals surface area contributed by atoms with Crippen molar-refractivity contribution in [1.29, 1.82) is 0 Å². The van der Waals surface area contributed by atoms with Gasteiger partial charge in [0.2, 0.25) is 0 Å². The molecule has 2 aromatic rings. The number of benzene rings is 2. The molecule has 0 atom stereocenters. The van der Waals surface area contributed by atoms with Crippen molar-refractivity contribution in [3.05, 3.63) is 65.1 Å². The van der Waals surface area contributed by atoms with E-state index in [1.165, 1.54) is 18.2 Å². The molecule has 120 valence electrons. The second-order valence-electron chi connectivity index (χ2n) is 4.48. The lowest BCUT2D eigenvalue weighted by Gasteiger charge is -2.14. The molecule has 0 fully saturated rings. The smallest absolute Gasteiger partial charge is 0.404 e. The second-order valence-corrected chi connectivity index (χ2v) is 5.40. The van der Waals surface area contributed by atoms with Crippen LogP contribution in [0.25, 0.3) is 5.57 Å². The summed E-state index contributed by atoms with van der Waals surface area (Å²) in [6.45, 7) is 3.66. The van der Waals surface area contributed by atoms with Gasteiger partial charge >= 0.3 is 6.36 Å².